The van der Waals surface area contributed by atoms with Crippen LogP contribution in [0.4, 0.5) is 10.5 Å². The average molecular weight is 477 g/mol. The number of H-pyrrole nitrogens is 1. The molecule has 8 nitrogen and oxygen atoms in total. The smallest absolute Gasteiger partial charge is 0.407 e. The zero-order valence-electron chi connectivity index (χ0n) is 20.4. The summed E-state index contributed by atoms with van der Waals surface area (Å²) >= 11 is 0. The monoisotopic (exact) mass is 476 g/mol. The van der Waals surface area contributed by atoms with E-state index in [0.717, 1.165) is 41.0 Å². The molecular weight excluding hydrogens is 444 g/mol. The van der Waals surface area contributed by atoms with E-state index >= 15 is 0 Å². The van der Waals surface area contributed by atoms with Gasteiger partial charge in [0.15, 0.2) is 0 Å². The van der Waals surface area contributed by atoms with Gasteiger partial charge in [0.05, 0.1) is 18.7 Å². The summed E-state index contributed by atoms with van der Waals surface area (Å²) in [6.07, 6.45) is 3.46. The van der Waals surface area contributed by atoms with E-state index in [1.54, 1.807) is 6.20 Å². The SMILES string of the molecule is CCN(CC)c1ccc2c(c1)OC(=O)C(CCOC(=O)NCc1cccc(-c3cn[nH]c3)c1)C2C. The van der Waals surface area contributed by atoms with E-state index in [1.807, 2.05) is 49.5 Å². The Kier molecular flexibility index (Phi) is 7.70. The van der Waals surface area contributed by atoms with Crippen molar-refractivity contribution in [3.63, 3.8) is 0 Å². The van der Waals surface area contributed by atoms with Gasteiger partial charge in [-0.1, -0.05) is 31.2 Å². The van der Waals surface area contributed by atoms with Crippen LogP contribution in [0.1, 0.15) is 44.2 Å². The third-order valence-corrected chi connectivity index (χ3v) is 6.59. The normalized spacial score (nSPS) is 16.8. The molecule has 1 aliphatic heterocycles. The van der Waals surface area contributed by atoms with Crippen molar-refractivity contribution >= 4 is 17.7 Å². The van der Waals surface area contributed by atoms with Crippen LogP contribution in [0.3, 0.4) is 0 Å². The number of rotatable bonds is 9. The Hall–Kier alpha value is -3.81. The molecule has 2 heterocycles. The third kappa shape index (κ3) is 5.65. The maximum atomic E-state index is 12.7. The number of fused-ring (bicyclic) bond motifs is 1. The summed E-state index contributed by atoms with van der Waals surface area (Å²) in [5.41, 5.74) is 5.00. The Labute approximate surface area is 205 Å². The minimum atomic E-state index is -0.514. The van der Waals surface area contributed by atoms with Crippen LogP contribution in [0.2, 0.25) is 0 Å². The predicted octanol–water partition coefficient (Wildman–Crippen LogP) is 4.88. The van der Waals surface area contributed by atoms with Gasteiger partial charge in [0, 0.05) is 43.1 Å². The first kappa shape index (κ1) is 24.3. The molecule has 0 aliphatic carbocycles. The largest absolute Gasteiger partial charge is 0.450 e. The summed E-state index contributed by atoms with van der Waals surface area (Å²) in [6, 6.07) is 13.9. The van der Waals surface area contributed by atoms with E-state index in [-0.39, 0.29) is 24.4 Å². The predicted molar refractivity (Wildman–Crippen MR) is 134 cm³/mol. The Bertz CT molecular complexity index is 1160. The molecule has 0 saturated carbocycles. The van der Waals surface area contributed by atoms with E-state index in [4.69, 9.17) is 9.47 Å². The van der Waals surface area contributed by atoms with E-state index in [1.165, 1.54) is 0 Å². The van der Waals surface area contributed by atoms with Crippen molar-refractivity contribution in [2.75, 3.05) is 24.6 Å². The number of hydrogen-bond donors (Lipinski definition) is 2. The number of alkyl carbamates (subject to hydrolysis) is 1. The van der Waals surface area contributed by atoms with Gasteiger partial charge in [0.1, 0.15) is 5.75 Å². The minimum absolute atomic E-state index is 0.0191. The molecule has 2 atom stereocenters. The second-order valence-electron chi connectivity index (χ2n) is 8.68. The molecule has 1 aromatic heterocycles. The van der Waals surface area contributed by atoms with Crippen LogP contribution in [-0.4, -0.2) is 42.0 Å². The fourth-order valence-electron chi connectivity index (χ4n) is 4.52. The van der Waals surface area contributed by atoms with Gasteiger partial charge in [-0.05, 0) is 55.0 Å². The van der Waals surface area contributed by atoms with Gasteiger partial charge in [-0.2, -0.15) is 5.10 Å². The van der Waals surface area contributed by atoms with Crippen molar-refractivity contribution in [1.82, 2.24) is 15.5 Å². The Morgan fingerprint density at radius 3 is 2.74 bits per heavy atom. The fourth-order valence-corrected chi connectivity index (χ4v) is 4.52. The van der Waals surface area contributed by atoms with Crippen molar-refractivity contribution in [2.24, 2.45) is 5.92 Å². The van der Waals surface area contributed by atoms with Crippen LogP contribution in [0, 0.1) is 5.92 Å². The standard InChI is InChI=1S/C27H32N4O4/c1-4-31(5-2)22-9-10-23-18(3)24(26(32)35-25(23)14-22)11-12-34-27(33)28-15-19-7-6-8-20(13-19)21-16-29-30-17-21/h6-10,13-14,16-18,24H,4-5,11-12,15H2,1-3H3,(H,28,33)(H,29,30). The molecule has 0 saturated heterocycles. The van der Waals surface area contributed by atoms with Gasteiger partial charge in [-0.15, -0.1) is 0 Å². The summed E-state index contributed by atoms with van der Waals surface area (Å²) in [4.78, 5) is 27.1. The van der Waals surface area contributed by atoms with Gasteiger partial charge >= 0.3 is 12.1 Å². The molecule has 0 spiro atoms. The highest BCUT2D eigenvalue weighted by molar-refractivity contribution is 5.80. The number of nitrogens with zero attached hydrogens (tertiary/aromatic N) is 2. The molecule has 0 bridgehead atoms. The number of anilines is 1. The number of aromatic nitrogens is 2. The lowest BCUT2D eigenvalue weighted by molar-refractivity contribution is -0.141. The first-order chi connectivity index (χ1) is 17.0. The zero-order valence-corrected chi connectivity index (χ0v) is 20.4. The van der Waals surface area contributed by atoms with Gasteiger partial charge in [-0.25, -0.2) is 4.79 Å². The van der Waals surface area contributed by atoms with Crippen LogP contribution in [-0.2, 0) is 16.1 Å². The summed E-state index contributed by atoms with van der Waals surface area (Å²) in [6.45, 7) is 8.47. The van der Waals surface area contributed by atoms with E-state index < -0.39 is 6.09 Å². The summed E-state index contributed by atoms with van der Waals surface area (Å²) in [5.74, 6) is -0.0307. The first-order valence-corrected chi connectivity index (χ1v) is 12.1. The summed E-state index contributed by atoms with van der Waals surface area (Å²) in [5, 5.41) is 9.53. The van der Waals surface area contributed by atoms with Crippen molar-refractivity contribution in [3.05, 3.63) is 66.0 Å². The maximum Gasteiger partial charge on any atom is 0.407 e. The molecule has 2 unspecified atom stereocenters. The van der Waals surface area contributed by atoms with E-state index in [2.05, 4.69) is 40.3 Å². The minimum Gasteiger partial charge on any atom is -0.450 e. The van der Waals surface area contributed by atoms with Crippen molar-refractivity contribution < 1.29 is 19.1 Å². The highest BCUT2D eigenvalue weighted by Gasteiger charge is 2.35. The van der Waals surface area contributed by atoms with Crippen LogP contribution in [0.25, 0.3) is 11.1 Å². The van der Waals surface area contributed by atoms with Crippen LogP contribution in [0.15, 0.2) is 54.9 Å². The number of esters is 1. The molecule has 1 aliphatic rings. The van der Waals surface area contributed by atoms with Crippen molar-refractivity contribution in [2.45, 2.75) is 39.7 Å². The number of amides is 1. The average Bonchev–Trinajstić information content (AvgIpc) is 3.41. The molecule has 1 amide bonds. The zero-order chi connectivity index (χ0) is 24.8. The van der Waals surface area contributed by atoms with Crippen LogP contribution in [0.5, 0.6) is 5.75 Å². The second-order valence-corrected chi connectivity index (χ2v) is 8.68. The molecular formula is C27H32N4O4. The number of carbonyl (C=O) groups excluding carboxylic acids is 2. The molecule has 8 heteroatoms. The van der Waals surface area contributed by atoms with Crippen LogP contribution >= 0.6 is 0 Å². The third-order valence-electron chi connectivity index (χ3n) is 6.59. The van der Waals surface area contributed by atoms with Crippen molar-refractivity contribution in [3.8, 4) is 16.9 Å². The van der Waals surface area contributed by atoms with E-state index in [9.17, 15) is 9.59 Å². The lowest BCUT2D eigenvalue weighted by Crippen LogP contribution is -2.32. The van der Waals surface area contributed by atoms with Gasteiger partial charge in [0.2, 0.25) is 0 Å². The summed E-state index contributed by atoms with van der Waals surface area (Å²) in [7, 11) is 0. The number of nitrogens with one attached hydrogen (secondary N) is 2. The van der Waals surface area contributed by atoms with E-state index in [0.29, 0.717) is 18.7 Å². The fraction of sp³-hybridized carbons (Fsp3) is 0.370. The molecule has 0 radical (unpaired) electrons. The first-order valence-electron chi connectivity index (χ1n) is 12.1. The molecule has 2 N–H and O–H groups in total. The number of hydrogen-bond acceptors (Lipinski definition) is 6. The topological polar surface area (TPSA) is 96.5 Å². The second kappa shape index (κ2) is 11.1. The number of ether oxygens (including phenoxy) is 2. The highest BCUT2D eigenvalue weighted by Crippen LogP contribution is 2.40. The molecule has 3 aromatic rings. The lowest BCUT2D eigenvalue weighted by Gasteiger charge is -2.31. The Balaban J connectivity index is 1.28. The maximum absolute atomic E-state index is 12.7. The van der Waals surface area contributed by atoms with Crippen LogP contribution < -0.4 is 15.0 Å². The molecule has 0 fully saturated rings. The molecule has 2 aromatic carbocycles. The highest BCUT2D eigenvalue weighted by atomic mass is 16.6. The number of carbonyl (C=O) groups is 2. The molecule has 184 valence electrons. The Morgan fingerprint density at radius 1 is 1.17 bits per heavy atom. The molecule has 4 rings (SSSR count). The lowest BCUT2D eigenvalue weighted by atomic mass is 9.83. The number of aromatic amines is 1. The van der Waals surface area contributed by atoms with Gasteiger partial charge < -0.3 is 19.7 Å². The van der Waals surface area contributed by atoms with Crippen molar-refractivity contribution in [1.29, 1.82) is 0 Å². The van der Waals surface area contributed by atoms with Gasteiger partial charge in [-0.3, -0.25) is 9.89 Å². The summed E-state index contributed by atoms with van der Waals surface area (Å²) < 4.78 is 11.0. The van der Waals surface area contributed by atoms with Gasteiger partial charge in [0.25, 0.3) is 0 Å². The number of benzene rings is 2. The molecule has 35 heavy (non-hydrogen) atoms. The Morgan fingerprint density at radius 2 is 2.00 bits per heavy atom. The quantitative estimate of drug-likeness (QED) is 0.338.